The van der Waals surface area contributed by atoms with E-state index in [1.165, 1.54) is 0 Å². The van der Waals surface area contributed by atoms with Gasteiger partial charge in [-0.15, -0.1) is 11.3 Å². The van der Waals surface area contributed by atoms with Crippen LogP contribution in [0.4, 0.5) is 0 Å². The van der Waals surface area contributed by atoms with E-state index in [0.717, 1.165) is 43.1 Å². The highest BCUT2D eigenvalue weighted by Crippen LogP contribution is 2.30. The number of rotatable bonds is 4. The van der Waals surface area contributed by atoms with Gasteiger partial charge in [-0.05, 0) is 32.7 Å². The first-order valence-corrected chi connectivity index (χ1v) is 7.44. The van der Waals surface area contributed by atoms with E-state index >= 15 is 0 Å². The molecular formula is C13H21N3OS. The molecule has 0 radical (unpaired) electrons. The summed E-state index contributed by atoms with van der Waals surface area (Å²) in [5, 5.41) is 9.37. The summed E-state index contributed by atoms with van der Waals surface area (Å²) in [5.74, 6) is 0.171. The van der Waals surface area contributed by atoms with E-state index in [2.05, 4.69) is 22.5 Å². The Morgan fingerprint density at radius 2 is 2.50 bits per heavy atom. The zero-order valence-electron chi connectivity index (χ0n) is 11.1. The summed E-state index contributed by atoms with van der Waals surface area (Å²) in [5.41, 5.74) is 0.804. The Hall–Kier alpha value is -0.940. The fraction of sp³-hybridized carbons (Fsp3) is 0.692. The lowest BCUT2D eigenvalue weighted by Gasteiger charge is -2.35. The zero-order chi connectivity index (χ0) is 13.0. The molecule has 1 aliphatic heterocycles. The smallest absolute Gasteiger partial charge is 0.227 e. The predicted octanol–water partition coefficient (Wildman–Crippen LogP) is 1.85. The minimum atomic E-state index is -0.218. The van der Waals surface area contributed by atoms with Crippen molar-refractivity contribution < 1.29 is 4.79 Å². The van der Waals surface area contributed by atoms with Gasteiger partial charge in [-0.1, -0.05) is 6.92 Å². The molecule has 0 saturated carbocycles. The van der Waals surface area contributed by atoms with Crippen molar-refractivity contribution in [3.63, 3.8) is 0 Å². The predicted molar refractivity (Wildman–Crippen MR) is 73.5 cm³/mol. The fourth-order valence-corrected chi connectivity index (χ4v) is 3.16. The molecule has 1 saturated heterocycles. The SMILES string of the molecule is CCC1(C(=O)NCc2nc(C)cs2)CCCNC1. The van der Waals surface area contributed by atoms with Crippen LogP contribution in [-0.2, 0) is 11.3 Å². The van der Waals surface area contributed by atoms with Crippen LogP contribution < -0.4 is 10.6 Å². The molecule has 100 valence electrons. The van der Waals surface area contributed by atoms with E-state index in [4.69, 9.17) is 0 Å². The summed E-state index contributed by atoms with van der Waals surface area (Å²) in [4.78, 5) is 16.7. The van der Waals surface area contributed by atoms with Gasteiger partial charge in [-0.2, -0.15) is 0 Å². The summed E-state index contributed by atoms with van der Waals surface area (Å²) < 4.78 is 0. The van der Waals surface area contributed by atoms with Gasteiger partial charge >= 0.3 is 0 Å². The molecule has 5 heteroatoms. The number of nitrogens with zero attached hydrogens (tertiary/aromatic N) is 1. The largest absolute Gasteiger partial charge is 0.349 e. The number of amides is 1. The fourth-order valence-electron chi connectivity index (χ4n) is 2.45. The Kier molecular flexibility index (Phi) is 4.35. The Bertz CT molecular complexity index is 410. The minimum Gasteiger partial charge on any atom is -0.349 e. The summed E-state index contributed by atoms with van der Waals surface area (Å²) in [6.07, 6.45) is 2.96. The number of carbonyl (C=O) groups is 1. The molecule has 2 heterocycles. The third-order valence-corrected chi connectivity index (χ3v) is 4.66. The lowest BCUT2D eigenvalue weighted by Crippen LogP contribution is -2.50. The zero-order valence-corrected chi connectivity index (χ0v) is 11.9. The molecule has 0 aromatic carbocycles. The maximum absolute atomic E-state index is 12.4. The van der Waals surface area contributed by atoms with Crippen LogP contribution in [0.2, 0.25) is 0 Å². The van der Waals surface area contributed by atoms with Gasteiger partial charge in [0.2, 0.25) is 5.91 Å². The van der Waals surface area contributed by atoms with Crippen LogP contribution >= 0.6 is 11.3 Å². The number of carbonyl (C=O) groups excluding carboxylic acids is 1. The van der Waals surface area contributed by atoms with Gasteiger partial charge in [0.05, 0.1) is 12.0 Å². The molecule has 1 unspecified atom stereocenters. The second-order valence-corrected chi connectivity index (χ2v) is 5.92. The number of aryl methyl sites for hydroxylation is 1. The van der Waals surface area contributed by atoms with Crippen molar-refractivity contribution in [1.82, 2.24) is 15.6 Å². The van der Waals surface area contributed by atoms with Crippen LogP contribution in [-0.4, -0.2) is 24.0 Å². The van der Waals surface area contributed by atoms with E-state index in [9.17, 15) is 4.79 Å². The summed E-state index contributed by atoms with van der Waals surface area (Å²) >= 11 is 1.60. The van der Waals surface area contributed by atoms with Gasteiger partial charge in [0, 0.05) is 17.6 Å². The van der Waals surface area contributed by atoms with Gasteiger partial charge in [0.25, 0.3) is 0 Å². The molecule has 1 fully saturated rings. The van der Waals surface area contributed by atoms with Gasteiger partial charge in [0.15, 0.2) is 0 Å². The van der Waals surface area contributed by atoms with Crippen molar-refractivity contribution in [3.8, 4) is 0 Å². The molecular weight excluding hydrogens is 246 g/mol. The van der Waals surface area contributed by atoms with Gasteiger partial charge in [0.1, 0.15) is 5.01 Å². The van der Waals surface area contributed by atoms with Crippen molar-refractivity contribution in [3.05, 3.63) is 16.1 Å². The van der Waals surface area contributed by atoms with E-state index in [-0.39, 0.29) is 11.3 Å². The minimum absolute atomic E-state index is 0.171. The number of hydrogen-bond acceptors (Lipinski definition) is 4. The Balaban J connectivity index is 1.93. The standard InChI is InChI=1S/C13H21N3OS/c1-3-13(5-4-6-14-9-13)12(17)15-7-11-16-10(2)8-18-11/h8,14H,3-7,9H2,1-2H3,(H,15,17). The van der Waals surface area contributed by atoms with Crippen LogP contribution in [0.25, 0.3) is 0 Å². The first kappa shape index (κ1) is 13.5. The number of thiazole rings is 1. The molecule has 1 aromatic rings. The average Bonchev–Trinajstić information content (AvgIpc) is 2.82. The van der Waals surface area contributed by atoms with Crippen LogP contribution in [0.3, 0.4) is 0 Å². The highest BCUT2D eigenvalue weighted by Gasteiger charge is 2.37. The highest BCUT2D eigenvalue weighted by molar-refractivity contribution is 7.09. The molecule has 1 aromatic heterocycles. The summed E-state index contributed by atoms with van der Waals surface area (Å²) in [7, 11) is 0. The normalized spacial score (nSPS) is 23.9. The summed E-state index contributed by atoms with van der Waals surface area (Å²) in [6, 6.07) is 0. The van der Waals surface area contributed by atoms with E-state index in [1.807, 2.05) is 12.3 Å². The maximum Gasteiger partial charge on any atom is 0.227 e. The molecule has 0 aliphatic carbocycles. The molecule has 1 atom stereocenters. The van der Waals surface area contributed by atoms with Crippen molar-refractivity contribution in [2.45, 2.75) is 39.7 Å². The molecule has 1 aliphatic rings. The van der Waals surface area contributed by atoms with Crippen LogP contribution in [0.15, 0.2) is 5.38 Å². The van der Waals surface area contributed by atoms with Crippen molar-refractivity contribution in [1.29, 1.82) is 0 Å². The van der Waals surface area contributed by atoms with Crippen molar-refractivity contribution in [2.75, 3.05) is 13.1 Å². The molecule has 4 nitrogen and oxygen atoms in total. The Labute approximate surface area is 112 Å². The molecule has 2 N–H and O–H groups in total. The maximum atomic E-state index is 12.4. The third kappa shape index (κ3) is 2.90. The molecule has 0 bridgehead atoms. The number of aromatic nitrogens is 1. The average molecular weight is 267 g/mol. The van der Waals surface area contributed by atoms with Crippen molar-refractivity contribution >= 4 is 17.2 Å². The lowest BCUT2D eigenvalue weighted by molar-refractivity contribution is -0.132. The van der Waals surface area contributed by atoms with E-state index in [1.54, 1.807) is 11.3 Å². The number of piperidine rings is 1. The highest BCUT2D eigenvalue weighted by atomic mass is 32.1. The number of hydrogen-bond donors (Lipinski definition) is 2. The molecule has 2 rings (SSSR count). The summed E-state index contributed by atoms with van der Waals surface area (Å²) in [6.45, 7) is 6.45. The second-order valence-electron chi connectivity index (χ2n) is 4.98. The Morgan fingerprint density at radius 1 is 1.67 bits per heavy atom. The van der Waals surface area contributed by atoms with Gasteiger partial charge < -0.3 is 10.6 Å². The third-order valence-electron chi connectivity index (χ3n) is 3.70. The lowest BCUT2D eigenvalue weighted by atomic mass is 9.77. The van der Waals surface area contributed by atoms with Crippen LogP contribution in [0.5, 0.6) is 0 Å². The van der Waals surface area contributed by atoms with Crippen LogP contribution in [0.1, 0.15) is 36.9 Å². The first-order chi connectivity index (χ1) is 8.66. The second kappa shape index (κ2) is 5.80. The molecule has 1 amide bonds. The van der Waals surface area contributed by atoms with E-state index < -0.39 is 0 Å². The van der Waals surface area contributed by atoms with Gasteiger partial charge in [-0.3, -0.25) is 4.79 Å². The molecule has 0 spiro atoms. The van der Waals surface area contributed by atoms with Gasteiger partial charge in [-0.25, -0.2) is 4.98 Å². The monoisotopic (exact) mass is 267 g/mol. The van der Waals surface area contributed by atoms with Crippen molar-refractivity contribution in [2.24, 2.45) is 5.41 Å². The topological polar surface area (TPSA) is 54.0 Å². The first-order valence-electron chi connectivity index (χ1n) is 6.56. The van der Waals surface area contributed by atoms with E-state index in [0.29, 0.717) is 6.54 Å². The number of nitrogens with one attached hydrogen (secondary N) is 2. The quantitative estimate of drug-likeness (QED) is 0.875. The Morgan fingerprint density at radius 3 is 3.06 bits per heavy atom. The molecule has 18 heavy (non-hydrogen) atoms. The van der Waals surface area contributed by atoms with Crippen LogP contribution in [0, 0.1) is 12.3 Å².